The first-order valence-electron chi connectivity index (χ1n) is 8.73. The summed E-state index contributed by atoms with van der Waals surface area (Å²) in [5.41, 5.74) is 0.864. The largest absolute Gasteiger partial charge is 0.350 e. The van der Waals surface area contributed by atoms with Gasteiger partial charge in [0.05, 0.1) is 24.1 Å². The first-order valence-corrected chi connectivity index (χ1v) is 8.73. The summed E-state index contributed by atoms with van der Waals surface area (Å²) in [7, 11) is 1.82. The Morgan fingerprint density at radius 1 is 1.12 bits per heavy atom. The van der Waals surface area contributed by atoms with Gasteiger partial charge in [-0.2, -0.15) is 10.2 Å². The summed E-state index contributed by atoms with van der Waals surface area (Å²) in [4.78, 5) is 17.8. The van der Waals surface area contributed by atoms with Gasteiger partial charge in [0, 0.05) is 50.2 Å². The SMILES string of the molecule is CN1CCN(c2cnn(C3CN(c4nncc5ccccc45)C3)c2)C1=O. The number of hydrogen-bond donors (Lipinski definition) is 0. The van der Waals surface area contributed by atoms with Crippen LogP contribution in [0.5, 0.6) is 0 Å². The van der Waals surface area contributed by atoms with Crippen LogP contribution < -0.4 is 9.80 Å². The number of fused-ring (bicyclic) bond motifs is 1. The Balaban J connectivity index is 1.32. The van der Waals surface area contributed by atoms with Gasteiger partial charge in [0.25, 0.3) is 0 Å². The van der Waals surface area contributed by atoms with Crippen molar-refractivity contribution in [3.8, 4) is 0 Å². The van der Waals surface area contributed by atoms with Crippen LogP contribution >= 0.6 is 0 Å². The highest BCUT2D eigenvalue weighted by Crippen LogP contribution is 2.31. The average Bonchev–Trinajstić information content (AvgIpc) is 3.22. The lowest BCUT2D eigenvalue weighted by Gasteiger charge is -2.40. The molecule has 0 N–H and O–H groups in total. The fourth-order valence-corrected chi connectivity index (χ4v) is 3.60. The Hall–Kier alpha value is -3.16. The Bertz CT molecular complexity index is 973. The van der Waals surface area contributed by atoms with Gasteiger partial charge >= 0.3 is 6.03 Å². The second-order valence-corrected chi connectivity index (χ2v) is 6.85. The first-order chi connectivity index (χ1) is 12.7. The Labute approximate surface area is 150 Å². The number of carbonyl (C=O) groups is 1. The van der Waals surface area contributed by atoms with Crippen LogP contribution in [0, 0.1) is 0 Å². The molecule has 2 amide bonds. The highest BCUT2D eigenvalue weighted by molar-refractivity contribution is 5.93. The Morgan fingerprint density at radius 3 is 2.77 bits per heavy atom. The number of carbonyl (C=O) groups excluding carboxylic acids is 1. The van der Waals surface area contributed by atoms with Gasteiger partial charge in [-0.05, 0) is 0 Å². The normalized spacial score (nSPS) is 18.0. The second kappa shape index (κ2) is 5.69. The molecule has 0 saturated carbocycles. The minimum absolute atomic E-state index is 0.0332. The van der Waals surface area contributed by atoms with Gasteiger partial charge in [0.1, 0.15) is 0 Å². The maximum Gasteiger partial charge on any atom is 0.324 e. The molecule has 0 unspecified atom stereocenters. The van der Waals surface area contributed by atoms with E-state index >= 15 is 0 Å². The van der Waals surface area contributed by atoms with E-state index in [9.17, 15) is 4.79 Å². The maximum absolute atomic E-state index is 12.1. The summed E-state index contributed by atoms with van der Waals surface area (Å²) >= 11 is 0. The predicted molar refractivity (Wildman–Crippen MR) is 98.4 cm³/mol. The molecule has 4 heterocycles. The summed E-state index contributed by atoms with van der Waals surface area (Å²) in [5.74, 6) is 0.920. The number of nitrogens with zero attached hydrogens (tertiary/aromatic N) is 7. The zero-order valence-corrected chi connectivity index (χ0v) is 14.5. The molecule has 2 aliphatic heterocycles. The third kappa shape index (κ3) is 2.29. The molecule has 3 aromatic rings. The van der Waals surface area contributed by atoms with Gasteiger partial charge in [0.2, 0.25) is 0 Å². The third-order valence-corrected chi connectivity index (χ3v) is 5.20. The molecule has 26 heavy (non-hydrogen) atoms. The predicted octanol–water partition coefficient (Wildman–Crippen LogP) is 1.76. The van der Waals surface area contributed by atoms with E-state index in [1.54, 1.807) is 22.2 Å². The Morgan fingerprint density at radius 2 is 1.96 bits per heavy atom. The number of benzene rings is 1. The zero-order chi connectivity index (χ0) is 17.7. The first kappa shape index (κ1) is 15.1. The molecule has 0 bridgehead atoms. The van der Waals surface area contributed by atoms with E-state index in [2.05, 4.69) is 32.3 Å². The van der Waals surface area contributed by atoms with Crippen LogP contribution in [0.3, 0.4) is 0 Å². The molecular weight excluding hydrogens is 330 g/mol. The number of aromatic nitrogens is 4. The van der Waals surface area contributed by atoms with E-state index < -0.39 is 0 Å². The topological polar surface area (TPSA) is 70.4 Å². The van der Waals surface area contributed by atoms with Crippen molar-refractivity contribution in [1.29, 1.82) is 0 Å². The van der Waals surface area contributed by atoms with Crippen LogP contribution in [-0.2, 0) is 0 Å². The van der Waals surface area contributed by atoms with Crippen LogP contribution in [-0.4, -0.2) is 64.1 Å². The van der Waals surface area contributed by atoms with Crippen molar-refractivity contribution in [2.24, 2.45) is 0 Å². The van der Waals surface area contributed by atoms with Crippen LogP contribution in [0.15, 0.2) is 42.9 Å². The van der Waals surface area contributed by atoms with E-state index in [0.717, 1.165) is 41.9 Å². The molecule has 5 rings (SSSR count). The molecule has 0 spiro atoms. The second-order valence-electron chi connectivity index (χ2n) is 6.85. The summed E-state index contributed by atoms with van der Waals surface area (Å²) in [5, 5.41) is 15.1. The Kier molecular flexibility index (Phi) is 3.31. The maximum atomic E-state index is 12.1. The molecule has 0 aliphatic carbocycles. The van der Waals surface area contributed by atoms with Crippen LogP contribution in [0.1, 0.15) is 6.04 Å². The number of urea groups is 1. The van der Waals surface area contributed by atoms with Gasteiger partial charge in [-0.25, -0.2) is 4.79 Å². The van der Waals surface area contributed by atoms with Gasteiger partial charge < -0.3 is 9.80 Å². The fraction of sp³-hybridized carbons (Fsp3) is 0.333. The third-order valence-electron chi connectivity index (χ3n) is 5.20. The molecule has 2 saturated heterocycles. The minimum atomic E-state index is 0.0332. The van der Waals surface area contributed by atoms with Crippen molar-refractivity contribution >= 4 is 28.3 Å². The molecule has 1 aromatic carbocycles. The number of likely N-dealkylation sites (N-methyl/N-ethyl adjacent to an activating group) is 1. The van der Waals surface area contributed by atoms with Crippen LogP contribution in [0.4, 0.5) is 16.3 Å². The smallest absolute Gasteiger partial charge is 0.324 e. The van der Waals surface area contributed by atoms with Crippen molar-refractivity contribution in [3.05, 3.63) is 42.9 Å². The number of hydrogen-bond acceptors (Lipinski definition) is 5. The van der Waals surface area contributed by atoms with E-state index in [4.69, 9.17) is 0 Å². The highest BCUT2D eigenvalue weighted by Gasteiger charge is 2.33. The lowest BCUT2D eigenvalue weighted by Crippen LogP contribution is -2.48. The van der Waals surface area contributed by atoms with E-state index in [1.807, 2.05) is 30.1 Å². The zero-order valence-electron chi connectivity index (χ0n) is 14.5. The molecule has 2 aromatic heterocycles. The van der Waals surface area contributed by atoms with E-state index in [-0.39, 0.29) is 12.1 Å². The summed E-state index contributed by atoms with van der Waals surface area (Å²) in [6.45, 7) is 3.12. The van der Waals surface area contributed by atoms with Gasteiger partial charge in [-0.15, -0.1) is 5.10 Å². The number of rotatable bonds is 3. The van der Waals surface area contributed by atoms with Crippen molar-refractivity contribution < 1.29 is 4.79 Å². The van der Waals surface area contributed by atoms with Crippen molar-refractivity contribution in [3.63, 3.8) is 0 Å². The van der Waals surface area contributed by atoms with Crippen molar-refractivity contribution in [2.45, 2.75) is 6.04 Å². The molecular formula is C18H19N7O. The molecule has 0 atom stereocenters. The van der Waals surface area contributed by atoms with E-state index in [0.29, 0.717) is 6.54 Å². The molecule has 8 nitrogen and oxygen atoms in total. The van der Waals surface area contributed by atoms with Crippen LogP contribution in [0.2, 0.25) is 0 Å². The monoisotopic (exact) mass is 349 g/mol. The summed E-state index contributed by atoms with van der Waals surface area (Å²) in [6.07, 6.45) is 5.53. The quantitative estimate of drug-likeness (QED) is 0.721. The van der Waals surface area contributed by atoms with Crippen molar-refractivity contribution in [1.82, 2.24) is 24.9 Å². The number of amides is 2. The van der Waals surface area contributed by atoms with Gasteiger partial charge in [0.15, 0.2) is 5.82 Å². The lowest BCUT2D eigenvalue weighted by atomic mass is 10.1. The van der Waals surface area contributed by atoms with Crippen molar-refractivity contribution in [2.75, 3.05) is 43.0 Å². The average molecular weight is 349 g/mol. The number of anilines is 2. The van der Waals surface area contributed by atoms with Gasteiger partial charge in [-0.3, -0.25) is 9.58 Å². The fourth-order valence-electron chi connectivity index (χ4n) is 3.60. The summed E-state index contributed by atoms with van der Waals surface area (Å²) < 4.78 is 1.95. The molecule has 132 valence electrons. The molecule has 8 heteroatoms. The van der Waals surface area contributed by atoms with Crippen LogP contribution in [0.25, 0.3) is 10.8 Å². The minimum Gasteiger partial charge on any atom is -0.350 e. The van der Waals surface area contributed by atoms with Gasteiger partial charge in [-0.1, -0.05) is 24.3 Å². The van der Waals surface area contributed by atoms with E-state index in [1.165, 1.54) is 0 Å². The molecule has 0 radical (unpaired) electrons. The molecule has 2 fully saturated rings. The lowest BCUT2D eigenvalue weighted by molar-refractivity contribution is 0.229. The molecule has 2 aliphatic rings. The highest BCUT2D eigenvalue weighted by atomic mass is 16.2. The summed E-state index contributed by atoms with van der Waals surface area (Å²) in [6, 6.07) is 8.47. The standard InChI is InChI=1S/C18H19N7O/c1-22-6-7-24(18(22)26)14-9-20-25(12-14)15-10-23(11-15)17-16-5-3-2-4-13(16)8-19-21-17/h2-5,8-9,12,15H,6-7,10-11H2,1H3.